The third-order valence-electron chi connectivity index (χ3n) is 3.52. The standard InChI is InChI=1S/C12H27N.C6H6O3S/c1-4-7-10-13(11-8-5-2)12-9-6-3;7-10(8,9)6-4-2-1-3-5-6/h4-12H2,1-3H3;1-5H,(H,7,8,9). The van der Waals surface area contributed by atoms with E-state index in [0.717, 1.165) is 0 Å². The van der Waals surface area contributed by atoms with Crippen LogP contribution in [0.1, 0.15) is 59.3 Å². The lowest BCUT2D eigenvalue weighted by Gasteiger charge is -2.21. The molecule has 0 saturated heterocycles. The van der Waals surface area contributed by atoms with Crippen LogP contribution in [0.3, 0.4) is 0 Å². The summed E-state index contributed by atoms with van der Waals surface area (Å²) < 4.78 is 29.2. The average molecular weight is 344 g/mol. The summed E-state index contributed by atoms with van der Waals surface area (Å²) in [5, 5.41) is 0. The molecule has 0 saturated carbocycles. The Bertz CT molecular complexity index is 455. The second-order valence-electron chi connectivity index (χ2n) is 5.69. The zero-order chi connectivity index (χ0) is 17.6. The van der Waals surface area contributed by atoms with E-state index in [2.05, 4.69) is 25.7 Å². The fourth-order valence-corrected chi connectivity index (χ4v) is 2.57. The highest BCUT2D eigenvalue weighted by Crippen LogP contribution is 2.05. The van der Waals surface area contributed by atoms with Crippen molar-refractivity contribution in [3.8, 4) is 0 Å². The molecule has 1 N–H and O–H groups in total. The van der Waals surface area contributed by atoms with Gasteiger partial charge in [0.2, 0.25) is 0 Å². The van der Waals surface area contributed by atoms with E-state index in [0.29, 0.717) is 0 Å². The number of benzene rings is 1. The van der Waals surface area contributed by atoms with E-state index >= 15 is 0 Å². The van der Waals surface area contributed by atoms with Crippen LogP contribution < -0.4 is 0 Å². The van der Waals surface area contributed by atoms with Gasteiger partial charge >= 0.3 is 0 Å². The van der Waals surface area contributed by atoms with Gasteiger partial charge in [-0.25, -0.2) is 0 Å². The third-order valence-corrected chi connectivity index (χ3v) is 4.39. The van der Waals surface area contributed by atoms with Crippen molar-refractivity contribution in [1.29, 1.82) is 0 Å². The van der Waals surface area contributed by atoms with E-state index in [4.69, 9.17) is 4.55 Å². The first-order valence-electron chi connectivity index (χ1n) is 8.70. The fourth-order valence-electron chi connectivity index (χ4n) is 2.07. The van der Waals surface area contributed by atoms with Crippen molar-refractivity contribution < 1.29 is 13.0 Å². The Balaban J connectivity index is 0.000000433. The van der Waals surface area contributed by atoms with Crippen LogP contribution in [0.15, 0.2) is 35.2 Å². The first-order valence-corrected chi connectivity index (χ1v) is 10.1. The second-order valence-corrected chi connectivity index (χ2v) is 7.11. The molecule has 1 rings (SSSR count). The van der Waals surface area contributed by atoms with E-state index in [9.17, 15) is 8.42 Å². The number of unbranched alkanes of at least 4 members (excludes halogenated alkanes) is 3. The third kappa shape index (κ3) is 12.2. The molecule has 0 bridgehead atoms. The fraction of sp³-hybridized carbons (Fsp3) is 0.667. The Hall–Kier alpha value is -0.910. The summed E-state index contributed by atoms with van der Waals surface area (Å²) in [6, 6.07) is 7.42. The van der Waals surface area contributed by atoms with E-state index in [1.807, 2.05) is 0 Å². The van der Waals surface area contributed by atoms with Gasteiger partial charge in [-0.1, -0.05) is 58.2 Å². The number of nitrogens with zero attached hydrogens (tertiary/aromatic N) is 1. The lowest BCUT2D eigenvalue weighted by molar-refractivity contribution is 0.261. The molecule has 0 spiro atoms. The topological polar surface area (TPSA) is 57.6 Å². The average Bonchev–Trinajstić information content (AvgIpc) is 2.55. The monoisotopic (exact) mass is 343 g/mol. The Morgan fingerprint density at radius 1 is 0.826 bits per heavy atom. The summed E-state index contributed by atoms with van der Waals surface area (Å²) >= 11 is 0. The minimum atomic E-state index is -4.00. The largest absolute Gasteiger partial charge is 0.303 e. The molecule has 0 atom stereocenters. The molecule has 0 amide bonds. The Morgan fingerprint density at radius 3 is 1.48 bits per heavy atom. The van der Waals surface area contributed by atoms with Gasteiger partial charge in [-0.2, -0.15) is 8.42 Å². The molecule has 134 valence electrons. The van der Waals surface area contributed by atoms with Gasteiger partial charge in [-0.05, 0) is 51.0 Å². The number of rotatable bonds is 10. The van der Waals surface area contributed by atoms with Gasteiger partial charge in [0.05, 0.1) is 4.90 Å². The molecule has 0 radical (unpaired) electrons. The van der Waals surface area contributed by atoms with Gasteiger partial charge in [0, 0.05) is 0 Å². The van der Waals surface area contributed by atoms with Gasteiger partial charge in [0.15, 0.2) is 0 Å². The highest BCUT2D eigenvalue weighted by molar-refractivity contribution is 7.85. The molecule has 1 aromatic rings. The molecule has 4 nitrogen and oxygen atoms in total. The summed E-state index contributed by atoms with van der Waals surface area (Å²) in [6.07, 6.45) is 8.09. The lowest BCUT2D eigenvalue weighted by Crippen LogP contribution is -2.27. The minimum absolute atomic E-state index is 0.0741. The van der Waals surface area contributed by atoms with Crippen molar-refractivity contribution in [3.63, 3.8) is 0 Å². The molecular weight excluding hydrogens is 310 g/mol. The van der Waals surface area contributed by atoms with Gasteiger partial charge in [0.1, 0.15) is 0 Å². The molecule has 5 heteroatoms. The first kappa shape index (κ1) is 22.1. The van der Waals surface area contributed by atoms with Crippen LogP contribution >= 0.6 is 0 Å². The SMILES string of the molecule is CCCCN(CCCC)CCCC.O=S(=O)(O)c1ccccc1. The summed E-state index contributed by atoms with van der Waals surface area (Å²) in [5.41, 5.74) is 0. The van der Waals surface area contributed by atoms with Crippen LogP contribution in [-0.2, 0) is 10.1 Å². The van der Waals surface area contributed by atoms with Crippen molar-refractivity contribution in [2.24, 2.45) is 0 Å². The summed E-state index contributed by atoms with van der Waals surface area (Å²) in [5.74, 6) is 0. The van der Waals surface area contributed by atoms with E-state index < -0.39 is 10.1 Å². The maximum absolute atomic E-state index is 10.4. The quantitative estimate of drug-likeness (QED) is 0.630. The second kappa shape index (κ2) is 13.5. The van der Waals surface area contributed by atoms with Crippen LogP contribution in [0.2, 0.25) is 0 Å². The molecule has 0 aromatic heterocycles. The molecule has 0 fully saturated rings. The number of hydrogen-bond acceptors (Lipinski definition) is 3. The van der Waals surface area contributed by atoms with E-state index in [1.165, 1.54) is 70.3 Å². The Labute approximate surface area is 142 Å². The van der Waals surface area contributed by atoms with Crippen LogP contribution in [0.4, 0.5) is 0 Å². The van der Waals surface area contributed by atoms with Crippen molar-refractivity contribution >= 4 is 10.1 Å². The van der Waals surface area contributed by atoms with Crippen LogP contribution in [0.25, 0.3) is 0 Å². The van der Waals surface area contributed by atoms with Crippen LogP contribution in [0.5, 0.6) is 0 Å². The van der Waals surface area contributed by atoms with Crippen LogP contribution in [0, 0.1) is 0 Å². The zero-order valence-electron chi connectivity index (χ0n) is 14.9. The van der Waals surface area contributed by atoms with E-state index in [-0.39, 0.29) is 4.90 Å². The first-order chi connectivity index (χ1) is 11.0. The molecule has 0 unspecified atom stereocenters. The lowest BCUT2D eigenvalue weighted by atomic mass is 10.2. The Morgan fingerprint density at radius 2 is 1.22 bits per heavy atom. The predicted molar refractivity (Wildman–Crippen MR) is 97.4 cm³/mol. The highest BCUT2D eigenvalue weighted by atomic mass is 32.2. The molecular formula is C18H33NO3S. The minimum Gasteiger partial charge on any atom is -0.303 e. The van der Waals surface area contributed by atoms with Crippen molar-refractivity contribution in [1.82, 2.24) is 4.90 Å². The summed E-state index contributed by atoms with van der Waals surface area (Å²) in [6.45, 7) is 10.8. The molecule has 0 aliphatic heterocycles. The smallest absolute Gasteiger partial charge is 0.294 e. The van der Waals surface area contributed by atoms with Crippen LogP contribution in [-0.4, -0.2) is 37.5 Å². The van der Waals surface area contributed by atoms with E-state index in [1.54, 1.807) is 18.2 Å². The molecule has 23 heavy (non-hydrogen) atoms. The van der Waals surface area contributed by atoms with Gasteiger partial charge in [0.25, 0.3) is 10.1 Å². The molecule has 0 heterocycles. The summed E-state index contributed by atoms with van der Waals surface area (Å²) in [4.78, 5) is 2.56. The predicted octanol–water partition coefficient (Wildman–Crippen LogP) is 4.62. The molecule has 0 aliphatic rings. The maximum atomic E-state index is 10.4. The van der Waals surface area contributed by atoms with Gasteiger partial charge in [-0.3, -0.25) is 4.55 Å². The normalized spacial score (nSPS) is 11.2. The number of hydrogen-bond donors (Lipinski definition) is 1. The van der Waals surface area contributed by atoms with Crippen molar-refractivity contribution in [2.45, 2.75) is 64.2 Å². The van der Waals surface area contributed by atoms with Crippen molar-refractivity contribution in [2.75, 3.05) is 19.6 Å². The van der Waals surface area contributed by atoms with Gasteiger partial charge in [-0.15, -0.1) is 0 Å². The summed E-state index contributed by atoms with van der Waals surface area (Å²) in [7, 11) is -4.00. The molecule has 1 aromatic carbocycles. The van der Waals surface area contributed by atoms with Crippen molar-refractivity contribution in [3.05, 3.63) is 30.3 Å². The zero-order valence-corrected chi connectivity index (χ0v) is 15.7. The maximum Gasteiger partial charge on any atom is 0.294 e. The highest BCUT2D eigenvalue weighted by Gasteiger charge is 2.05. The molecule has 0 aliphatic carbocycles. The Kier molecular flexibility index (Phi) is 13.0. The van der Waals surface area contributed by atoms with Gasteiger partial charge < -0.3 is 4.90 Å².